The molecule has 1 N–H and O–H groups in total. The second-order valence-corrected chi connectivity index (χ2v) is 4.98. The highest BCUT2D eigenvalue weighted by molar-refractivity contribution is 6.16. The third kappa shape index (κ3) is 3.28. The molecule has 0 radical (unpaired) electrons. The van der Waals surface area contributed by atoms with Gasteiger partial charge in [-0.15, -0.1) is 11.6 Å². The van der Waals surface area contributed by atoms with Crippen LogP contribution in [0.5, 0.6) is 0 Å². The fourth-order valence-electron chi connectivity index (χ4n) is 2.05. The summed E-state index contributed by atoms with van der Waals surface area (Å²) in [5.41, 5.74) is 2.54. The molecule has 108 valence electrons. The van der Waals surface area contributed by atoms with E-state index in [4.69, 9.17) is 11.6 Å². The fraction of sp³-hybridized carbons (Fsp3) is 0.500. The van der Waals surface area contributed by atoms with E-state index in [1.54, 1.807) is 0 Å². The zero-order valence-corrected chi connectivity index (χ0v) is 12.6. The Bertz CT molecular complexity index is 608. The van der Waals surface area contributed by atoms with Crippen molar-refractivity contribution in [2.24, 2.45) is 0 Å². The first-order valence-corrected chi connectivity index (χ1v) is 7.34. The summed E-state index contributed by atoms with van der Waals surface area (Å²) in [6.07, 6.45) is 1.35. The van der Waals surface area contributed by atoms with Gasteiger partial charge in [-0.05, 0) is 25.5 Å². The molecule has 0 atom stereocenters. The largest absolute Gasteiger partial charge is 0.356 e. The van der Waals surface area contributed by atoms with Crippen molar-refractivity contribution >= 4 is 28.7 Å². The monoisotopic (exact) mass is 294 g/mol. The molecule has 2 aromatic heterocycles. The maximum atomic E-state index is 11.7. The van der Waals surface area contributed by atoms with Crippen molar-refractivity contribution in [3.8, 4) is 0 Å². The lowest BCUT2D eigenvalue weighted by molar-refractivity contribution is -0.121. The second-order valence-electron chi connectivity index (χ2n) is 4.71. The topological polar surface area (TPSA) is 59.8 Å². The average molecular weight is 295 g/mol. The van der Waals surface area contributed by atoms with E-state index in [-0.39, 0.29) is 5.91 Å². The summed E-state index contributed by atoms with van der Waals surface area (Å²) in [5.74, 6) is 1.11. The Hall–Kier alpha value is -1.62. The number of halogens is 1. The lowest BCUT2D eigenvalue weighted by atomic mass is 10.3. The van der Waals surface area contributed by atoms with Gasteiger partial charge in [0.2, 0.25) is 5.91 Å². The zero-order valence-electron chi connectivity index (χ0n) is 11.8. The Morgan fingerprint density at radius 2 is 2.20 bits per heavy atom. The maximum Gasteiger partial charge on any atom is 0.221 e. The number of rotatable bonds is 6. The lowest BCUT2D eigenvalue weighted by Crippen LogP contribution is -2.25. The van der Waals surface area contributed by atoms with Gasteiger partial charge >= 0.3 is 0 Å². The highest BCUT2D eigenvalue weighted by Gasteiger charge is 2.12. The molecule has 5 nitrogen and oxygen atoms in total. The molecular formula is C14H19ClN4O. The Labute approximate surface area is 123 Å². The van der Waals surface area contributed by atoms with Gasteiger partial charge < -0.3 is 9.88 Å². The number of nitrogens with one attached hydrogen (secondary N) is 1. The van der Waals surface area contributed by atoms with E-state index in [2.05, 4.69) is 15.3 Å². The highest BCUT2D eigenvalue weighted by Crippen LogP contribution is 2.16. The maximum absolute atomic E-state index is 11.7. The first-order valence-electron chi connectivity index (χ1n) is 6.81. The second kappa shape index (κ2) is 6.70. The number of carbonyl (C=O) groups is 1. The van der Waals surface area contributed by atoms with Crippen molar-refractivity contribution in [3.63, 3.8) is 0 Å². The van der Waals surface area contributed by atoms with E-state index < -0.39 is 0 Å². The molecule has 0 aliphatic heterocycles. The summed E-state index contributed by atoms with van der Waals surface area (Å²) in [6, 6.07) is 3.85. The molecule has 2 aromatic rings. The summed E-state index contributed by atoms with van der Waals surface area (Å²) < 4.78 is 1.93. The standard InChI is InChI=1S/C14H19ClN4O/c1-3-7-16-13(20)6-8-19-12(9-15)18-11-5-4-10(2)17-14(11)19/h4-5H,3,6-9H2,1-2H3,(H,16,20). The van der Waals surface area contributed by atoms with Crippen molar-refractivity contribution in [1.82, 2.24) is 19.9 Å². The number of amides is 1. The molecule has 2 heterocycles. The number of alkyl halides is 1. The van der Waals surface area contributed by atoms with Crippen LogP contribution in [-0.2, 0) is 17.2 Å². The molecular weight excluding hydrogens is 276 g/mol. The SMILES string of the molecule is CCCNC(=O)CCn1c(CCl)nc2ccc(C)nc21. The first-order chi connectivity index (χ1) is 9.65. The molecule has 20 heavy (non-hydrogen) atoms. The Morgan fingerprint density at radius 3 is 2.90 bits per heavy atom. The Balaban J connectivity index is 2.19. The molecule has 0 aromatic carbocycles. The number of pyridine rings is 1. The van der Waals surface area contributed by atoms with Crippen molar-refractivity contribution in [2.75, 3.05) is 6.54 Å². The molecule has 0 fully saturated rings. The minimum absolute atomic E-state index is 0.0434. The van der Waals surface area contributed by atoms with E-state index in [0.717, 1.165) is 29.1 Å². The number of nitrogens with zero attached hydrogens (tertiary/aromatic N) is 3. The minimum atomic E-state index is 0.0434. The van der Waals surface area contributed by atoms with E-state index in [0.29, 0.717) is 25.4 Å². The van der Waals surface area contributed by atoms with Crippen LogP contribution in [0.4, 0.5) is 0 Å². The van der Waals surface area contributed by atoms with Crippen LogP contribution in [-0.4, -0.2) is 27.0 Å². The summed E-state index contributed by atoms with van der Waals surface area (Å²) in [7, 11) is 0. The number of aryl methyl sites for hydroxylation is 2. The first kappa shape index (κ1) is 14.8. The predicted octanol–water partition coefficient (Wildman–Crippen LogP) is 2.39. The van der Waals surface area contributed by atoms with Gasteiger partial charge in [0, 0.05) is 25.2 Å². The predicted molar refractivity (Wildman–Crippen MR) is 79.7 cm³/mol. The van der Waals surface area contributed by atoms with Crippen LogP contribution in [0.3, 0.4) is 0 Å². The molecule has 0 aliphatic carbocycles. The van der Waals surface area contributed by atoms with E-state index in [9.17, 15) is 4.79 Å². The van der Waals surface area contributed by atoms with Crippen molar-refractivity contribution < 1.29 is 4.79 Å². The Kier molecular flexibility index (Phi) is 4.95. The van der Waals surface area contributed by atoms with Gasteiger partial charge in [0.15, 0.2) is 5.65 Å². The molecule has 0 aliphatic rings. The smallest absolute Gasteiger partial charge is 0.221 e. The number of carbonyl (C=O) groups excluding carboxylic acids is 1. The minimum Gasteiger partial charge on any atom is -0.356 e. The van der Waals surface area contributed by atoms with Gasteiger partial charge in [0.25, 0.3) is 0 Å². The lowest BCUT2D eigenvalue weighted by Gasteiger charge is -2.07. The number of imidazole rings is 1. The summed E-state index contributed by atoms with van der Waals surface area (Å²) in [4.78, 5) is 20.6. The third-order valence-electron chi connectivity index (χ3n) is 3.06. The van der Waals surface area contributed by atoms with E-state index in [1.807, 2.05) is 30.5 Å². The van der Waals surface area contributed by atoms with Gasteiger partial charge in [-0.2, -0.15) is 0 Å². The molecule has 6 heteroatoms. The number of hydrogen-bond acceptors (Lipinski definition) is 3. The number of fused-ring (bicyclic) bond motifs is 1. The van der Waals surface area contributed by atoms with Crippen LogP contribution in [0.25, 0.3) is 11.2 Å². The van der Waals surface area contributed by atoms with Crippen LogP contribution in [0, 0.1) is 6.92 Å². The van der Waals surface area contributed by atoms with Crippen molar-refractivity contribution in [1.29, 1.82) is 0 Å². The third-order valence-corrected chi connectivity index (χ3v) is 3.30. The van der Waals surface area contributed by atoms with Crippen LogP contribution in [0.1, 0.15) is 31.3 Å². The number of hydrogen-bond donors (Lipinski definition) is 1. The molecule has 0 saturated heterocycles. The molecule has 1 amide bonds. The van der Waals surface area contributed by atoms with Crippen LogP contribution in [0.15, 0.2) is 12.1 Å². The van der Waals surface area contributed by atoms with E-state index in [1.165, 1.54) is 0 Å². The van der Waals surface area contributed by atoms with Crippen LogP contribution >= 0.6 is 11.6 Å². The van der Waals surface area contributed by atoms with Gasteiger partial charge in [-0.3, -0.25) is 4.79 Å². The molecule has 2 rings (SSSR count). The average Bonchev–Trinajstić information content (AvgIpc) is 2.79. The van der Waals surface area contributed by atoms with Gasteiger partial charge in [0.1, 0.15) is 11.3 Å². The number of aromatic nitrogens is 3. The summed E-state index contributed by atoms with van der Waals surface area (Å²) >= 11 is 5.93. The summed E-state index contributed by atoms with van der Waals surface area (Å²) in [5, 5.41) is 2.87. The van der Waals surface area contributed by atoms with Gasteiger partial charge in [-0.1, -0.05) is 6.92 Å². The molecule has 0 unspecified atom stereocenters. The van der Waals surface area contributed by atoms with Gasteiger partial charge in [0.05, 0.1) is 5.88 Å². The Morgan fingerprint density at radius 1 is 1.40 bits per heavy atom. The molecule has 0 saturated carbocycles. The van der Waals surface area contributed by atoms with Gasteiger partial charge in [-0.25, -0.2) is 9.97 Å². The van der Waals surface area contributed by atoms with Crippen LogP contribution in [0.2, 0.25) is 0 Å². The van der Waals surface area contributed by atoms with Crippen molar-refractivity contribution in [3.05, 3.63) is 23.7 Å². The van der Waals surface area contributed by atoms with Crippen LogP contribution < -0.4 is 5.32 Å². The molecule has 0 spiro atoms. The fourth-order valence-corrected chi connectivity index (χ4v) is 2.25. The van der Waals surface area contributed by atoms with Crippen molar-refractivity contribution in [2.45, 2.75) is 39.1 Å². The zero-order chi connectivity index (χ0) is 14.5. The molecule has 0 bridgehead atoms. The summed E-state index contributed by atoms with van der Waals surface area (Å²) in [6.45, 7) is 5.22. The van der Waals surface area contributed by atoms with E-state index >= 15 is 0 Å². The quantitative estimate of drug-likeness (QED) is 0.832. The highest BCUT2D eigenvalue weighted by atomic mass is 35.5. The normalized spacial score (nSPS) is 10.9.